The Hall–Kier alpha value is -3.48. The van der Waals surface area contributed by atoms with Gasteiger partial charge in [-0.15, -0.1) is 0 Å². The van der Waals surface area contributed by atoms with Gasteiger partial charge in [-0.25, -0.2) is 4.79 Å². The van der Waals surface area contributed by atoms with Crippen molar-refractivity contribution >= 4 is 28.3 Å². The van der Waals surface area contributed by atoms with E-state index in [1.807, 2.05) is 19.1 Å². The summed E-state index contributed by atoms with van der Waals surface area (Å²) >= 11 is 0. The molecule has 1 atom stereocenters. The number of carbonyl (C=O) groups excluding carboxylic acids is 1. The largest absolute Gasteiger partial charge is 0.494 e. The van der Waals surface area contributed by atoms with Gasteiger partial charge in [0.2, 0.25) is 0 Å². The van der Waals surface area contributed by atoms with Crippen molar-refractivity contribution in [3.63, 3.8) is 0 Å². The van der Waals surface area contributed by atoms with Crippen LogP contribution in [0, 0.1) is 5.92 Å². The molecular weight excluding hydrogens is 450 g/mol. The summed E-state index contributed by atoms with van der Waals surface area (Å²) in [5.74, 6) is 1.23. The molecule has 7 nitrogen and oxygen atoms in total. The first-order chi connectivity index (χ1) is 17.6. The summed E-state index contributed by atoms with van der Waals surface area (Å²) in [6.07, 6.45) is 6.95. The van der Waals surface area contributed by atoms with Crippen LogP contribution in [-0.2, 0) is 0 Å². The Balaban J connectivity index is 1.44. The second-order valence-corrected chi connectivity index (χ2v) is 10.4. The summed E-state index contributed by atoms with van der Waals surface area (Å²) in [5, 5.41) is 12.0. The predicted octanol–water partition coefficient (Wildman–Crippen LogP) is 6.05. The van der Waals surface area contributed by atoms with E-state index < -0.39 is 0 Å². The van der Waals surface area contributed by atoms with Gasteiger partial charge >= 0.3 is 6.03 Å². The highest BCUT2D eigenvalue weighted by molar-refractivity contribution is 6.17. The highest BCUT2D eigenvalue weighted by Crippen LogP contribution is 2.44. The van der Waals surface area contributed by atoms with Crippen LogP contribution in [0.1, 0.15) is 64.0 Å². The zero-order valence-electron chi connectivity index (χ0n) is 21.1. The van der Waals surface area contributed by atoms with Crippen LogP contribution in [0.2, 0.25) is 0 Å². The molecule has 0 bridgehead atoms. The van der Waals surface area contributed by atoms with Gasteiger partial charge in [0.1, 0.15) is 5.75 Å². The van der Waals surface area contributed by atoms with Crippen molar-refractivity contribution in [3.05, 3.63) is 48.0 Å². The third kappa shape index (κ3) is 4.10. The molecule has 2 amide bonds. The van der Waals surface area contributed by atoms with Crippen molar-refractivity contribution in [1.82, 2.24) is 15.3 Å². The highest BCUT2D eigenvalue weighted by Gasteiger charge is 2.32. The molecule has 2 saturated carbocycles. The Morgan fingerprint density at radius 2 is 1.89 bits per heavy atom. The van der Waals surface area contributed by atoms with Gasteiger partial charge in [-0.05, 0) is 75.3 Å². The lowest BCUT2D eigenvalue weighted by Crippen LogP contribution is -2.41. The van der Waals surface area contributed by atoms with E-state index in [0.29, 0.717) is 24.6 Å². The number of benzene rings is 2. The summed E-state index contributed by atoms with van der Waals surface area (Å²) in [4.78, 5) is 12.4. The first-order valence-electron chi connectivity index (χ1n) is 13.4. The van der Waals surface area contributed by atoms with Crippen molar-refractivity contribution in [1.29, 1.82) is 0 Å². The van der Waals surface area contributed by atoms with Gasteiger partial charge in [-0.2, -0.15) is 5.10 Å². The number of urea groups is 1. The maximum Gasteiger partial charge on any atom is 0.319 e. The third-order valence-electron chi connectivity index (χ3n) is 7.90. The fourth-order valence-corrected chi connectivity index (χ4v) is 5.51. The molecule has 0 spiro atoms. The zero-order valence-corrected chi connectivity index (χ0v) is 21.1. The molecule has 2 heterocycles. The average Bonchev–Trinajstić information content (AvgIpc) is 3.37. The Morgan fingerprint density at radius 1 is 1.11 bits per heavy atom. The minimum Gasteiger partial charge on any atom is -0.494 e. The lowest BCUT2D eigenvalue weighted by Gasteiger charge is -2.30. The average molecular weight is 486 g/mol. The molecule has 0 radical (unpaired) electrons. The SMILES string of the molecule is CCOc1ccc2c(C3=NNCC3C)c(-c3ccc(NC(=O)NC4CCC4)cc3)n(C3CCC3)c2c1. The van der Waals surface area contributed by atoms with Gasteiger partial charge in [-0.3, -0.25) is 0 Å². The molecule has 1 aliphatic heterocycles. The van der Waals surface area contributed by atoms with E-state index >= 15 is 0 Å². The molecule has 3 N–H and O–H groups in total. The van der Waals surface area contributed by atoms with E-state index in [4.69, 9.17) is 9.84 Å². The number of amides is 2. The molecular formula is C29H35N5O2. The first-order valence-corrected chi connectivity index (χ1v) is 13.4. The van der Waals surface area contributed by atoms with E-state index in [0.717, 1.165) is 42.1 Å². The molecule has 1 aromatic heterocycles. The lowest BCUT2D eigenvalue weighted by atomic mass is 9.91. The van der Waals surface area contributed by atoms with Crippen molar-refractivity contribution in [2.75, 3.05) is 18.5 Å². The zero-order chi connectivity index (χ0) is 24.6. The van der Waals surface area contributed by atoms with Gasteiger partial charge in [-0.1, -0.05) is 19.1 Å². The van der Waals surface area contributed by atoms with E-state index in [1.165, 1.54) is 47.8 Å². The van der Waals surface area contributed by atoms with Crippen LogP contribution in [0.3, 0.4) is 0 Å². The van der Waals surface area contributed by atoms with E-state index in [-0.39, 0.29) is 6.03 Å². The van der Waals surface area contributed by atoms with Gasteiger partial charge in [0.25, 0.3) is 0 Å². The number of fused-ring (bicyclic) bond motifs is 1. The quantitative estimate of drug-likeness (QED) is 0.381. The Morgan fingerprint density at radius 3 is 2.50 bits per heavy atom. The van der Waals surface area contributed by atoms with Crippen molar-refractivity contribution in [3.8, 4) is 17.0 Å². The normalized spacial score (nSPS) is 19.8. The Bertz CT molecular complexity index is 1300. The second kappa shape index (κ2) is 9.52. The van der Waals surface area contributed by atoms with Crippen LogP contribution in [0.15, 0.2) is 47.6 Å². The number of anilines is 1. The molecule has 188 valence electrons. The number of nitrogens with one attached hydrogen (secondary N) is 3. The van der Waals surface area contributed by atoms with Crippen LogP contribution < -0.4 is 20.8 Å². The summed E-state index contributed by atoms with van der Waals surface area (Å²) in [6, 6.07) is 15.4. The van der Waals surface area contributed by atoms with Crippen LogP contribution in [0.25, 0.3) is 22.2 Å². The summed E-state index contributed by atoms with van der Waals surface area (Å²) < 4.78 is 8.42. The third-order valence-corrected chi connectivity index (χ3v) is 7.90. The Kier molecular flexibility index (Phi) is 6.07. The molecule has 2 aliphatic carbocycles. The van der Waals surface area contributed by atoms with Crippen LogP contribution in [-0.4, -0.2) is 35.5 Å². The standard InChI is InChI=1S/C29H35N5O2/c1-3-36-23-14-15-24-25(16-23)34(22-8-5-9-22)28(26(24)27-18(2)17-30-33-27)19-10-12-21(13-11-19)32-29(35)31-20-6-4-7-20/h10-16,18,20,22,30H,3-9,17H2,1-2H3,(H2,31,32,35). The first kappa shape index (κ1) is 23.0. The number of ether oxygens (including phenoxy) is 1. The summed E-state index contributed by atoms with van der Waals surface area (Å²) in [7, 11) is 0. The van der Waals surface area contributed by atoms with Crippen LogP contribution in [0.4, 0.5) is 10.5 Å². The number of hydrogen-bond donors (Lipinski definition) is 3. The molecule has 6 rings (SSSR count). The van der Waals surface area contributed by atoms with E-state index in [9.17, 15) is 4.79 Å². The molecule has 7 heteroatoms. The molecule has 36 heavy (non-hydrogen) atoms. The van der Waals surface area contributed by atoms with E-state index in [1.54, 1.807) is 0 Å². The summed E-state index contributed by atoms with van der Waals surface area (Å²) in [6.45, 7) is 5.75. The van der Waals surface area contributed by atoms with Crippen molar-refractivity contribution in [2.24, 2.45) is 11.0 Å². The van der Waals surface area contributed by atoms with Gasteiger partial charge in [0.05, 0.1) is 23.5 Å². The number of carbonyl (C=O) groups is 1. The predicted molar refractivity (Wildman–Crippen MR) is 145 cm³/mol. The number of rotatable bonds is 7. The molecule has 2 fully saturated rings. The van der Waals surface area contributed by atoms with E-state index in [2.05, 4.69) is 57.9 Å². The maximum absolute atomic E-state index is 12.4. The number of nitrogens with zero attached hydrogens (tertiary/aromatic N) is 2. The summed E-state index contributed by atoms with van der Waals surface area (Å²) in [5.41, 5.74) is 9.89. The number of hydrazone groups is 1. The lowest BCUT2D eigenvalue weighted by molar-refractivity contribution is 0.240. The Labute approximate surface area is 212 Å². The minimum absolute atomic E-state index is 0.125. The molecule has 2 aromatic carbocycles. The second-order valence-electron chi connectivity index (χ2n) is 10.4. The molecule has 3 aliphatic rings. The molecule has 0 saturated heterocycles. The van der Waals surface area contributed by atoms with Crippen molar-refractivity contribution < 1.29 is 9.53 Å². The number of aromatic nitrogens is 1. The van der Waals surface area contributed by atoms with Crippen molar-refractivity contribution in [2.45, 2.75) is 64.5 Å². The minimum atomic E-state index is -0.125. The van der Waals surface area contributed by atoms with Gasteiger partial charge in [0, 0.05) is 47.2 Å². The van der Waals surface area contributed by atoms with Crippen LogP contribution in [0.5, 0.6) is 5.75 Å². The topological polar surface area (TPSA) is 79.7 Å². The monoisotopic (exact) mass is 485 g/mol. The smallest absolute Gasteiger partial charge is 0.319 e. The van der Waals surface area contributed by atoms with Gasteiger partial charge in [0.15, 0.2) is 0 Å². The highest BCUT2D eigenvalue weighted by atomic mass is 16.5. The van der Waals surface area contributed by atoms with Crippen LogP contribution >= 0.6 is 0 Å². The molecule has 3 aromatic rings. The fraction of sp³-hybridized carbons (Fsp3) is 0.448. The maximum atomic E-state index is 12.4. The molecule has 1 unspecified atom stereocenters. The fourth-order valence-electron chi connectivity index (χ4n) is 5.51. The van der Waals surface area contributed by atoms with Gasteiger partial charge < -0.3 is 25.4 Å². The number of hydrogen-bond acceptors (Lipinski definition) is 4.